The van der Waals surface area contributed by atoms with Gasteiger partial charge >= 0.3 is 0 Å². The molecule has 0 amide bonds. The van der Waals surface area contributed by atoms with E-state index in [1.165, 1.54) is 11.3 Å². The zero-order valence-electron chi connectivity index (χ0n) is 12.1. The van der Waals surface area contributed by atoms with E-state index in [2.05, 4.69) is 31.8 Å². The van der Waals surface area contributed by atoms with E-state index in [0.717, 1.165) is 25.2 Å². The number of aryl methyl sites for hydroxylation is 1. The monoisotopic (exact) mass is 257 g/mol. The summed E-state index contributed by atoms with van der Waals surface area (Å²) >= 11 is 0. The number of para-hydroxylation sites is 1. The predicted molar refractivity (Wildman–Crippen MR) is 79.8 cm³/mol. The van der Waals surface area contributed by atoms with E-state index in [9.17, 15) is 0 Å². The molecule has 0 saturated carbocycles. The number of aromatic nitrogens is 1. The van der Waals surface area contributed by atoms with Gasteiger partial charge in [-0.1, -0.05) is 39.0 Å². The van der Waals surface area contributed by atoms with E-state index in [1.807, 2.05) is 36.5 Å². The maximum atomic E-state index is 5.72. The summed E-state index contributed by atoms with van der Waals surface area (Å²) < 4.78 is 5.72. The molecule has 102 valence electrons. The van der Waals surface area contributed by atoms with Crippen molar-refractivity contribution in [1.29, 1.82) is 0 Å². The van der Waals surface area contributed by atoms with Crippen molar-refractivity contribution >= 4 is 0 Å². The number of hydrogen-bond donors (Lipinski definition) is 1. The standard InChI is InChI=1S/C17H23NO/c1-17(2,3)15-11-12-18-16(15)10-7-13-19-14-8-5-4-6-9-14/h4-6,8-9,11-12,18H,7,10,13H2,1-3H3. The first-order chi connectivity index (χ1) is 9.07. The van der Waals surface area contributed by atoms with Gasteiger partial charge in [-0.25, -0.2) is 0 Å². The highest BCUT2D eigenvalue weighted by Gasteiger charge is 2.18. The topological polar surface area (TPSA) is 25.0 Å². The van der Waals surface area contributed by atoms with Crippen LogP contribution in [0.3, 0.4) is 0 Å². The van der Waals surface area contributed by atoms with Gasteiger partial charge in [-0.15, -0.1) is 0 Å². The molecule has 1 N–H and O–H groups in total. The Morgan fingerprint density at radius 2 is 1.79 bits per heavy atom. The smallest absolute Gasteiger partial charge is 0.119 e. The SMILES string of the molecule is CC(C)(C)c1cc[nH]c1CCCOc1ccccc1. The van der Waals surface area contributed by atoms with Gasteiger partial charge in [0.15, 0.2) is 0 Å². The first kappa shape index (κ1) is 13.7. The Morgan fingerprint density at radius 1 is 1.05 bits per heavy atom. The second-order valence-electron chi connectivity index (χ2n) is 5.88. The van der Waals surface area contributed by atoms with Crippen molar-refractivity contribution in [2.45, 2.75) is 39.0 Å². The average molecular weight is 257 g/mol. The van der Waals surface area contributed by atoms with E-state index in [1.54, 1.807) is 0 Å². The third-order valence-corrected chi connectivity index (χ3v) is 3.22. The number of ether oxygens (including phenoxy) is 1. The van der Waals surface area contributed by atoms with E-state index in [-0.39, 0.29) is 5.41 Å². The minimum atomic E-state index is 0.204. The average Bonchev–Trinajstić information content (AvgIpc) is 2.84. The van der Waals surface area contributed by atoms with Crippen molar-refractivity contribution < 1.29 is 4.74 Å². The fraction of sp³-hybridized carbons (Fsp3) is 0.412. The molecule has 0 spiro atoms. The van der Waals surface area contributed by atoms with Crippen molar-refractivity contribution in [2.24, 2.45) is 0 Å². The van der Waals surface area contributed by atoms with Crippen LogP contribution in [0.2, 0.25) is 0 Å². The molecule has 19 heavy (non-hydrogen) atoms. The third-order valence-electron chi connectivity index (χ3n) is 3.22. The summed E-state index contributed by atoms with van der Waals surface area (Å²) in [6.45, 7) is 7.51. The summed E-state index contributed by atoms with van der Waals surface area (Å²) in [6.07, 6.45) is 4.10. The molecule has 2 rings (SSSR count). The minimum Gasteiger partial charge on any atom is -0.494 e. The van der Waals surface area contributed by atoms with Crippen molar-refractivity contribution in [1.82, 2.24) is 4.98 Å². The normalized spacial score (nSPS) is 11.5. The van der Waals surface area contributed by atoms with Crippen LogP contribution in [-0.4, -0.2) is 11.6 Å². The van der Waals surface area contributed by atoms with Crippen LogP contribution in [0.25, 0.3) is 0 Å². The molecule has 1 aromatic heterocycles. The van der Waals surface area contributed by atoms with Crippen molar-refractivity contribution in [2.75, 3.05) is 6.61 Å². The van der Waals surface area contributed by atoms with Gasteiger partial charge in [-0.2, -0.15) is 0 Å². The molecule has 2 aromatic rings. The number of H-pyrrole nitrogens is 1. The highest BCUT2D eigenvalue weighted by Crippen LogP contribution is 2.25. The Balaban J connectivity index is 1.82. The van der Waals surface area contributed by atoms with E-state index in [4.69, 9.17) is 4.74 Å². The van der Waals surface area contributed by atoms with E-state index >= 15 is 0 Å². The maximum Gasteiger partial charge on any atom is 0.119 e. The zero-order chi connectivity index (χ0) is 13.7. The Hall–Kier alpha value is -1.70. The zero-order valence-corrected chi connectivity index (χ0v) is 12.1. The fourth-order valence-electron chi connectivity index (χ4n) is 2.27. The van der Waals surface area contributed by atoms with Gasteiger partial charge in [0, 0.05) is 11.9 Å². The Bertz CT molecular complexity index is 493. The van der Waals surface area contributed by atoms with Crippen LogP contribution in [0.1, 0.15) is 38.4 Å². The van der Waals surface area contributed by atoms with E-state index < -0.39 is 0 Å². The summed E-state index contributed by atoms with van der Waals surface area (Å²) in [5, 5.41) is 0. The molecule has 0 radical (unpaired) electrons. The maximum absolute atomic E-state index is 5.72. The molecule has 0 unspecified atom stereocenters. The minimum absolute atomic E-state index is 0.204. The molecular formula is C17H23NO. The number of hydrogen-bond acceptors (Lipinski definition) is 1. The largest absolute Gasteiger partial charge is 0.494 e. The van der Waals surface area contributed by atoms with Crippen molar-refractivity contribution in [3.05, 3.63) is 53.9 Å². The summed E-state index contributed by atoms with van der Waals surface area (Å²) in [4.78, 5) is 3.36. The molecule has 0 aliphatic carbocycles. The van der Waals surface area contributed by atoms with Crippen molar-refractivity contribution in [3.8, 4) is 5.75 Å². The van der Waals surface area contributed by atoms with Gasteiger partial charge in [-0.3, -0.25) is 0 Å². The highest BCUT2D eigenvalue weighted by atomic mass is 16.5. The highest BCUT2D eigenvalue weighted by molar-refractivity contribution is 5.28. The van der Waals surface area contributed by atoms with Crippen LogP contribution in [0, 0.1) is 0 Å². The molecule has 2 nitrogen and oxygen atoms in total. The molecule has 0 bridgehead atoms. The molecule has 0 fully saturated rings. The van der Waals surface area contributed by atoms with Crippen LogP contribution in [0.4, 0.5) is 0 Å². The first-order valence-corrected chi connectivity index (χ1v) is 6.92. The second kappa shape index (κ2) is 5.96. The predicted octanol–water partition coefficient (Wildman–Crippen LogP) is 4.32. The number of rotatable bonds is 5. The summed E-state index contributed by atoms with van der Waals surface area (Å²) in [5.74, 6) is 0.949. The molecule has 0 saturated heterocycles. The molecule has 0 aliphatic rings. The summed E-state index contributed by atoms with van der Waals surface area (Å²) in [7, 11) is 0. The Labute approximate surface area is 115 Å². The number of benzene rings is 1. The van der Waals surface area contributed by atoms with Crippen LogP contribution in [0.5, 0.6) is 5.75 Å². The molecule has 1 heterocycles. The Kier molecular flexibility index (Phi) is 4.31. The van der Waals surface area contributed by atoms with Gasteiger partial charge in [-0.05, 0) is 42.0 Å². The van der Waals surface area contributed by atoms with Gasteiger partial charge < -0.3 is 9.72 Å². The fourth-order valence-corrected chi connectivity index (χ4v) is 2.27. The Morgan fingerprint density at radius 3 is 2.47 bits per heavy atom. The summed E-state index contributed by atoms with van der Waals surface area (Å²) in [5.41, 5.74) is 2.95. The number of aromatic amines is 1. The van der Waals surface area contributed by atoms with Gasteiger partial charge in [0.05, 0.1) is 6.61 Å². The van der Waals surface area contributed by atoms with Crippen molar-refractivity contribution in [3.63, 3.8) is 0 Å². The molecule has 2 heteroatoms. The summed E-state index contributed by atoms with van der Waals surface area (Å²) in [6, 6.07) is 12.2. The molecule has 1 aromatic carbocycles. The van der Waals surface area contributed by atoms with Crippen LogP contribution in [0.15, 0.2) is 42.6 Å². The van der Waals surface area contributed by atoms with Crippen LogP contribution >= 0.6 is 0 Å². The molecule has 0 atom stereocenters. The van der Waals surface area contributed by atoms with Crippen LogP contribution < -0.4 is 4.74 Å². The van der Waals surface area contributed by atoms with Gasteiger partial charge in [0.1, 0.15) is 5.75 Å². The lowest BCUT2D eigenvalue weighted by Gasteiger charge is -2.19. The second-order valence-corrected chi connectivity index (χ2v) is 5.88. The molecule has 0 aliphatic heterocycles. The lowest BCUT2D eigenvalue weighted by molar-refractivity contribution is 0.310. The quantitative estimate of drug-likeness (QED) is 0.793. The molecular weight excluding hydrogens is 234 g/mol. The third kappa shape index (κ3) is 3.88. The lowest BCUT2D eigenvalue weighted by Crippen LogP contribution is -2.13. The lowest BCUT2D eigenvalue weighted by atomic mass is 9.86. The van der Waals surface area contributed by atoms with Crippen LogP contribution in [-0.2, 0) is 11.8 Å². The first-order valence-electron chi connectivity index (χ1n) is 6.92. The van der Waals surface area contributed by atoms with Gasteiger partial charge in [0.2, 0.25) is 0 Å². The van der Waals surface area contributed by atoms with E-state index in [0.29, 0.717) is 0 Å². The number of nitrogens with one attached hydrogen (secondary N) is 1. The van der Waals surface area contributed by atoms with Gasteiger partial charge in [0.25, 0.3) is 0 Å².